The van der Waals surface area contributed by atoms with Gasteiger partial charge in [0.05, 0.1) is 10.7 Å². The average molecular weight is 383 g/mol. The molecule has 0 aliphatic heterocycles. The Balaban J connectivity index is 1.60. The van der Waals surface area contributed by atoms with E-state index in [-0.39, 0.29) is 10.8 Å². The molecule has 0 amide bonds. The van der Waals surface area contributed by atoms with Gasteiger partial charge in [-0.2, -0.15) is 0 Å². The number of phenols is 1. The molecule has 0 saturated carbocycles. The van der Waals surface area contributed by atoms with E-state index in [9.17, 15) is 5.11 Å². The number of halogens is 2. The van der Waals surface area contributed by atoms with E-state index in [0.29, 0.717) is 22.2 Å². The highest BCUT2D eigenvalue weighted by Gasteiger charge is 2.08. The predicted octanol–water partition coefficient (Wildman–Crippen LogP) is 6.26. The minimum absolute atomic E-state index is 0.0529. The molecule has 3 aromatic carbocycles. The smallest absolute Gasteiger partial charge is 0.227 e. The Morgan fingerprint density at radius 2 is 1.77 bits per heavy atom. The van der Waals surface area contributed by atoms with E-state index in [1.54, 1.807) is 6.07 Å². The molecule has 0 fully saturated rings. The van der Waals surface area contributed by atoms with E-state index in [0.717, 1.165) is 16.7 Å². The molecule has 0 aliphatic carbocycles. The quantitative estimate of drug-likeness (QED) is 0.425. The topological polar surface area (TPSA) is 58.6 Å². The first-order valence-electron chi connectivity index (χ1n) is 7.78. The number of aromatic nitrogens is 1. The molecule has 0 spiro atoms. The first-order chi connectivity index (χ1) is 12.6. The van der Waals surface area contributed by atoms with E-state index in [2.05, 4.69) is 9.98 Å². The van der Waals surface area contributed by atoms with E-state index < -0.39 is 0 Å². The third-order valence-corrected chi connectivity index (χ3v) is 4.32. The van der Waals surface area contributed by atoms with E-state index in [1.165, 1.54) is 12.3 Å². The van der Waals surface area contributed by atoms with Gasteiger partial charge in [-0.1, -0.05) is 35.3 Å². The van der Waals surface area contributed by atoms with Gasteiger partial charge in [0.2, 0.25) is 5.89 Å². The zero-order chi connectivity index (χ0) is 18.1. The molecule has 1 heterocycles. The average Bonchev–Trinajstić information content (AvgIpc) is 3.08. The van der Waals surface area contributed by atoms with Crippen molar-refractivity contribution in [2.45, 2.75) is 0 Å². The van der Waals surface area contributed by atoms with Crippen LogP contribution in [0.5, 0.6) is 5.75 Å². The summed E-state index contributed by atoms with van der Waals surface area (Å²) in [4.78, 5) is 8.81. The number of hydrogen-bond donors (Lipinski definition) is 1. The molecule has 6 heteroatoms. The second kappa shape index (κ2) is 6.83. The highest BCUT2D eigenvalue weighted by molar-refractivity contribution is 6.36. The second-order valence-corrected chi connectivity index (χ2v) is 6.46. The van der Waals surface area contributed by atoms with Gasteiger partial charge in [-0.25, -0.2) is 4.98 Å². The highest BCUT2D eigenvalue weighted by atomic mass is 35.5. The highest BCUT2D eigenvalue weighted by Crippen LogP contribution is 2.31. The lowest BCUT2D eigenvalue weighted by atomic mass is 10.2. The molecule has 4 aromatic rings. The molecule has 0 unspecified atom stereocenters. The summed E-state index contributed by atoms with van der Waals surface area (Å²) in [6.45, 7) is 0. The van der Waals surface area contributed by atoms with E-state index in [1.807, 2.05) is 48.5 Å². The molecule has 0 saturated heterocycles. The largest absolute Gasteiger partial charge is 0.506 e. The lowest BCUT2D eigenvalue weighted by Gasteiger charge is -2.02. The van der Waals surface area contributed by atoms with Gasteiger partial charge in [0.15, 0.2) is 5.58 Å². The molecule has 0 atom stereocenters. The van der Waals surface area contributed by atoms with Crippen molar-refractivity contribution in [3.63, 3.8) is 0 Å². The maximum absolute atomic E-state index is 9.96. The minimum Gasteiger partial charge on any atom is -0.506 e. The Morgan fingerprint density at radius 1 is 1.00 bits per heavy atom. The van der Waals surface area contributed by atoms with Gasteiger partial charge in [0, 0.05) is 22.4 Å². The summed E-state index contributed by atoms with van der Waals surface area (Å²) in [5, 5.41) is 10.6. The molecule has 1 aromatic heterocycles. The lowest BCUT2D eigenvalue weighted by molar-refractivity contribution is 0.475. The van der Waals surface area contributed by atoms with Crippen molar-refractivity contribution in [3.8, 4) is 17.2 Å². The Morgan fingerprint density at radius 3 is 2.54 bits per heavy atom. The summed E-state index contributed by atoms with van der Waals surface area (Å²) in [6, 6.07) is 18.1. The summed E-state index contributed by atoms with van der Waals surface area (Å²) in [5.74, 6) is 0.504. The Labute approximate surface area is 159 Å². The van der Waals surface area contributed by atoms with Crippen molar-refractivity contribution in [1.82, 2.24) is 4.98 Å². The molecular formula is C20H12Cl2N2O2. The molecule has 0 aliphatic rings. The van der Waals surface area contributed by atoms with Crippen molar-refractivity contribution >= 4 is 46.2 Å². The van der Waals surface area contributed by atoms with Crippen LogP contribution in [-0.4, -0.2) is 16.3 Å². The summed E-state index contributed by atoms with van der Waals surface area (Å²) >= 11 is 11.9. The summed E-state index contributed by atoms with van der Waals surface area (Å²) in [5.41, 5.74) is 3.58. The lowest BCUT2D eigenvalue weighted by Crippen LogP contribution is -1.84. The minimum atomic E-state index is -0.0529. The van der Waals surface area contributed by atoms with Crippen LogP contribution < -0.4 is 0 Å². The SMILES string of the molecule is Oc1c(Cl)cc(Cl)cc1C=Nc1ccc(-c2nc3ccccc3o2)cc1. The fraction of sp³-hybridized carbons (Fsp3) is 0. The van der Waals surface area contributed by atoms with Crippen LogP contribution in [0.4, 0.5) is 5.69 Å². The molecule has 26 heavy (non-hydrogen) atoms. The fourth-order valence-electron chi connectivity index (χ4n) is 2.51. The predicted molar refractivity (Wildman–Crippen MR) is 105 cm³/mol. The van der Waals surface area contributed by atoms with Crippen molar-refractivity contribution in [2.75, 3.05) is 0 Å². The molecule has 128 valence electrons. The molecular weight excluding hydrogens is 371 g/mol. The third kappa shape index (κ3) is 3.29. The normalized spacial score (nSPS) is 11.5. The number of benzene rings is 3. The van der Waals surface area contributed by atoms with Crippen LogP contribution in [0, 0.1) is 0 Å². The summed E-state index contributed by atoms with van der Waals surface area (Å²) in [6.07, 6.45) is 1.52. The van der Waals surface area contributed by atoms with Crippen molar-refractivity contribution in [2.24, 2.45) is 4.99 Å². The first kappa shape index (κ1) is 16.6. The number of para-hydroxylation sites is 2. The first-order valence-corrected chi connectivity index (χ1v) is 8.54. The molecule has 0 bridgehead atoms. The molecule has 0 radical (unpaired) electrons. The maximum atomic E-state index is 9.96. The van der Waals surface area contributed by atoms with Gasteiger partial charge >= 0.3 is 0 Å². The molecule has 1 N–H and O–H groups in total. The number of fused-ring (bicyclic) bond motifs is 1. The van der Waals surface area contributed by atoms with Crippen molar-refractivity contribution in [1.29, 1.82) is 0 Å². The van der Waals surface area contributed by atoms with Crippen LogP contribution in [0.15, 0.2) is 70.1 Å². The summed E-state index contributed by atoms with van der Waals surface area (Å²) < 4.78 is 5.75. The Kier molecular flexibility index (Phi) is 4.37. The van der Waals surface area contributed by atoms with Crippen LogP contribution in [0.1, 0.15) is 5.56 Å². The van der Waals surface area contributed by atoms with Crippen molar-refractivity contribution < 1.29 is 9.52 Å². The standard InChI is InChI=1S/C20H12Cl2N2O2/c21-14-9-13(19(25)16(22)10-14)11-23-15-7-5-12(6-8-15)20-24-17-3-1-2-4-18(17)26-20/h1-11,25H. The van der Waals surface area contributed by atoms with Gasteiger partial charge in [-0.3, -0.25) is 4.99 Å². The number of aromatic hydroxyl groups is 1. The van der Waals surface area contributed by atoms with Crippen molar-refractivity contribution in [3.05, 3.63) is 76.3 Å². The maximum Gasteiger partial charge on any atom is 0.227 e. The zero-order valence-electron chi connectivity index (χ0n) is 13.4. The number of hydrogen-bond acceptors (Lipinski definition) is 4. The molecule has 4 nitrogen and oxygen atoms in total. The van der Waals surface area contributed by atoms with Crippen LogP contribution in [0.25, 0.3) is 22.6 Å². The van der Waals surface area contributed by atoms with Crippen LogP contribution in [-0.2, 0) is 0 Å². The number of oxazole rings is 1. The van der Waals surface area contributed by atoms with Gasteiger partial charge in [-0.15, -0.1) is 0 Å². The second-order valence-electron chi connectivity index (χ2n) is 5.62. The number of phenolic OH excluding ortho intramolecular Hbond substituents is 1. The van der Waals surface area contributed by atoms with Gasteiger partial charge in [0.25, 0.3) is 0 Å². The van der Waals surface area contributed by atoms with Gasteiger partial charge < -0.3 is 9.52 Å². The van der Waals surface area contributed by atoms with E-state index in [4.69, 9.17) is 27.6 Å². The third-order valence-electron chi connectivity index (χ3n) is 3.82. The van der Waals surface area contributed by atoms with E-state index >= 15 is 0 Å². The number of nitrogens with zero attached hydrogens (tertiary/aromatic N) is 2. The number of rotatable bonds is 3. The number of aliphatic imine (C=N–C) groups is 1. The van der Waals surface area contributed by atoms with Gasteiger partial charge in [-0.05, 0) is 48.5 Å². The molecule has 4 rings (SSSR count). The zero-order valence-corrected chi connectivity index (χ0v) is 14.9. The van der Waals surface area contributed by atoms with Crippen LogP contribution in [0.2, 0.25) is 10.0 Å². The Hall–Kier alpha value is -2.82. The Bertz CT molecular complexity index is 1090. The monoisotopic (exact) mass is 382 g/mol. The van der Waals surface area contributed by atoms with Crippen LogP contribution in [0.3, 0.4) is 0 Å². The van der Waals surface area contributed by atoms with Crippen LogP contribution >= 0.6 is 23.2 Å². The summed E-state index contributed by atoms with van der Waals surface area (Å²) in [7, 11) is 0. The van der Waals surface area contributed by atoms with Gasteiger partial charge in [0.1, 0.15) is 11.3 Å². The fourth-order valence-corrected chi connectivity index (χ4v) is 3.02.